The molecule has 116 valence electrons. The van der Waals surface area contributed by atoms with Crippen LogP contribution in [0.5, 0.6) is 5.75 Å². The van der Waals surface area contributed by atoms with Crippen molar-refractivity contribution in [1.82, 2.24) is 0 Å². The van der Waals surface area contributed by atoms with Crippen LogP contribution in [0.1, 0.15) is 15.9 Å². The van der Waals surface area contributed by atoms with E-state index in [1.807, 2.05) is 30.3 Å². The van der Waals surface area contributed by atoms with E-state index in [0.717, 1.165) is 11.3 Å². The van der Waals surface area contributed by atoms with Crippen LogP contribution >= 0.6 is 0 Å². The Bertz CT molecular complexity index is 563. The zero-order valence-corrected chi connectivity index (χ0v) is 12.7. The fourth-order valence-corrected chi connectivity index (χ4v) is 1.91. The summed E-state index contributed by atoms with van der Waals surface area (Å²) in [7, 11) is 1.59. The number of ketones is 1. The Hall–Kier alpha value is -2.17. The molecule has 0 aliphatic carbocycles. The first-order valence-corrected chi connectivity index (χ1v) is 7.16. The molecular formula is C18H20O4. The fraction of sp³-hybridized carbons (Fsp3) is 0.278. The molecule has 0 atom stereocenters. The summed E-state index contributed by atoms with van der Waals surface area (Å²) in [5.74, 6) is 0.678. The summed E-state index contributed by atoms with van der Waals surface area (Å²) in [5.41, 5.74) is 1.74. The maximum absolute atomic E-state index is 11.9. The van der Waals surface area contributed by atoms with E-state index in [1.54, 1.807) is 31.4 Å². The van der Waals surface area contributed by atoms with Crippen LogP contribution in [-0.2, 0) is 16.1 Å². The average Bonchev–Trinajstić information content (AvgIpc) is 2.58. The van der Waals surface area contributed by atoms with E-state index in [1.165, 1.54) is 0 Å². The molecule has 22 heavy (non-hydrogen) atoms. The minimum Gasteiger partial charge on any atom is -0.497 e. The molecule has 0 N–H and O–H groups in total. The molecule has 4 heteroatoms. The second-order valence-electron chi connectivity index (χ2n) is 4.74. The van der Waals surface area contributed by atoms with Gasteiger partial charge in [0.2, 0.25) is 0 Å². The maximum Gasteiger partial charge on any atom is 0.188 e. The summed E-state index contributed by atoms with van der Waals surface area (Å²) in [4.78, 5) is 11.9. The van der Waals surface area contributed by atoms with Crippen LogP contribution < -0.4 is 4.74 Å². The summed E-state index contributed by atoms with van der Waals surface area (Å²) in [6.45, 7) is 1.47. The maximum atomic E-state index is 11.9. The molecule has 2 rings (SSSR count). The van der Waals surface area contributed by atoms with Crippen molar-refractivity contribution in [2.75, 3.05) is 26.9 Å². The molecule has 0 heterocycles. The Balaban J connectivity index is 1.60. The van der Waals surface area contributed by atoms with Crippen LogP contribution in [0, 0.1) is 0 Å². The Morgan fingerprint density at radius 2 is 1.59 bits per heavy atom. The molecule has 0 amide bonds. The minimum absolute atomic E-state index is 0.0503. The zero-order valence-electron chi connectivity index (χ0n) is 12.7. The molecule has 0 bridgehead atoms. The standard InChI is InChI=1S/C18H20O4/c1-20-17-9-7-16(8-10-17)18(19)14-22-12-11-21-13-15-5-3-2-4-6-15/h2-10H,11-14H2,1H3. The van der Waals surface area contributed by atoms with Crippen molar-refractivity contribution >= 4 is 5.78 Å². The number of carbonyl (C=O) groups excluding carboxylic acids is 1. The fourth-order valence-electron chi connectivity index (χ4n) is 1.91. The molecule has 4 nitrogen and oxygen atoms in total. The normalized spacial score (nSPS) is 10.4. The SMILES string of the molecule is COc1ccc(C(=O)COCCOCc2ccccc2)cc1. The van der Waals surface area contributed by atoms with Crippen LogP contribution in [0.3, 0.4) is 0 Å². The number of methoxy groups -OCH3 is 1. The van der Waals surface area contributed by atoms with Gasteiger partial charge in [0.25, 0.3) is 0 Å². The molecular weight excluding hydrogens is 280 g/mol. The first kappa shape index (κ1) is 16.2. The predicted molar refractivity (Wildman–Crippen MR) is 84.2 cm³/mol. The van der Waals surface area contributed by atoms with E-state index in [9.17, 15) is 4.79 Å². The van der Waals surface area contributed by atoms with Gasteiger partial charge in [-0.1, -0.05) is 30.3 Å². The van der Waals surface area contributed by atoms with E-state index in [4.69, 9.17) is 14.2 Å². The highest BCUT2D eigenvalue weighted by atomic mass is 16.5. The third-order valence-electron chi connectivity index (χ3n) is 3.13. The summed E-state index contributed by atoms with van der Waals surface area (Å²) in [6, 6.07) is 16.9. The van der Waals surface area contributed by atoms with Crippen molar-refractivity contribution in [3.8, 4) is 5.75 Å². The highest BCUT2D eigenvalue weighted by Crippen LogP contribution is 2.11. The molecule has 0 unspecified atom stereocenters. The lowest BCUT2D eigenvalue weighted by Crippen LogP contribution is -2.12. The number of rotatable bonds is 9. The lowest BCUT2D eigenvalue weighted by atomic mass is 10.1. The third-order valence-corrected chi connectivity index (χ3v) is 3.13. The Labute approximate surface area is 130 Å². The number of hydrogen-bond donors (Lipinski definition) is 0. The molecule has 2 aromatic carbocycles. The number of Topliss-reactive ketones (excluding diaryl/α,β-unsaturated/α-hetero) is 1. The molecule has 0 saturated carbocycles. The number of ether oxygens (including phenoxy) is 3. The van der Waals surface area contributed by atoms with Gasteiger partial charge in [0.05, 0.1) is 26.9 Å². The van der Waals surface area contributed by atoms with Crippen LogP contribution in [0.2, 0.25) is 0 Å². The molecule has 0 aliphatic heterocycles. The van der Waals surface area contributed by atoms with Crippen molar-refractivity contribution < 1.29 is 19.0 Å². The first-order chi connectivity index (χ1) is 10.8. The highest BCUT2D eigenvalue weighted by Gasteiger charge is 2.05. The molecule has 0 saturated heterocycles. The smallest absolute Gasteiger partial charge is 0.188 e. The van der Waals surface area contributed by atoms with Crippen molar-refractivity contribution in [1.29, 1.82) is 0 Å². The van der Waals surface area contributed by atoms with Gasteiger partial charge in [-0.25, -0.2) is 0 Å². The monoisotopic (exact) mass is 300 g/mol. The van der Waals surface area contributed by atoms with Crippen LogP contribution in [0.25, 0.3) is 0 Å². The van der Waals surface area contributed by atoms with Crippen molar-refractivity contribution in [3.63, 3.8) is 0 Å². The first-order valence-electron chi connectivity index (χ1n) is 7.16. The number of carbonyl (C=O) groups is 1. The lowest BCUT2D eigenvalue weighted by Gasteiger charge is -2.06. The molecule has 0 radical (unpaired) electrons. The van der Waals surface area contributed by atoms with E-state index in [0.29, 0.717) is 25.4 Å². The van der Waals surface area contributed by atoms with Gasteiger partial charge in [0, 0.05) is 5.56 Å². The minimum atomic E-state index is -0.0503. The van der Waals surface area contributed by atoms with Gasteiger partial charge in [-0.05, 0) is 29.8 Å². The molecule has 0 aliphatic rings. The molecule has 0 spiro atoms. The van der Waals surface area contributed by atoms with Gasteiger partial charge < -0.3 is 14.2 Å². The van der Waals surface area contributed by atoms with Crippen molar-refractivity contribution in [2.45, 2.75) is 6.61 Å². The van der Waals surface area contributed by atoms with E-state index in [-0.39, 0.29) is 12.4 Å². The Kier molecular flexibility index (Phi) is 6.61. The third kappa shape index (κ3) is 5.31. The Morgan fingerprint density at radius 3 is 2.27 bits per heavy atom. The number of benzene rings is 2. The molecule has 2 aromatic rings. The average molecular weight is 300 g/mol. The summed E-state index contributed by atoms with van der Waals surface area (Å²) in [5, 5.41) is 0. The van der Waals surface area contributed by atoms with Crippen LogP contribution in [0.15, 0.2) is 54.6 Å². The largest absolute Gasteiger partial charge is 0.497 e. The molecule has 0 fully saturated rings. The summed E-state index contributed by atoms with van der Waals surface area (Å²) >= 11 is 0. The summed E-state index contributed by atoms with van der Waals surface area (Å²) < 4.78 is 15.9. The second kappa shape index (κ2) is 8.97. The van der Waals surface area contributed by atoms with Crippen LogP contribution in [0.4, 0.5) is 0 Å². The predicted octanol–water partition coefficient (Wildman–Crippen LogP) is 3.11. The van der Waals surface area contributed by atoms with E-state index in [2.05, 4.69) is 0 Å². The molecule has 0 aromatic heterocycles. The van der Waals surface area contributed by atoms with Gasteiger partial charge in [-0.2, -0.15) is 0 Å². The zero-order chi connectivity index (χ0) is 15.6. The van der Waals surface area contributed by atoms with Gasteiger partial charge in [0.15, 0.2) is 5.78 Å². The summed E-state index contributed by atoms with van der Waals surface area (Å²) in [6.07, 6.45) is 0. The lowest BCUT2D eigenvalue weighted by molar-refractivity contribution is 0.0386. The van der Waals surface area contributed by atoms with Crippen molar-refractivity contribution in [2.24, 2.45) is 0 Å². The van der Waals surface area contributed by atoms with Crippen LogP contribution in [-0.4, -0.2) is 32.7 Å². The van der Waals surface area contributed by atoms with E-state index >= 15 is 0 Å². The van der Waals surface area contributed by atoms with Crippen molar-refractivity contribution in [3.05, 3.63) is 65.7 Å². The quantitative estimate of drug-likeness (QED) is 0.527. The van der Waals surface area contributed by atoms with Gasteiger partial charge in [-0.3, -0.25) is 4.79 Å². The number of hydrogen-bond acceptors (Lipinski definition) is 4. The highest BCUT2D eigenvalue weighted by molar-refractivity contribution is 5.97. The van der Waals surface area contributed by atoms with Gasteiger partial charge in [-0.15, -0.1) is 0 Å². The Morgan fingerprint density at radius 1 is 0.909 bits per heavy atom. The topological polar surface area (TPSA) is 44.8 Å². The van der Waals surface area contributed by atoms with Gasteiger partial charge >= 0.3 is 0 Å². The van der Waals surface area contributed by atoms with Gasteiger partial charge in [0.1, 0.15) is 12.4 Å². The van der Waals surface area contributed by atoms with E-state index < -0.39 is 0 Å². The second-order valence-corrected chi connectivity index (χ2v) is 4.74.